The molecule has 1 heterocycles. The van der Waals surface area contributed by atoms with Crippen LogP contribution in [0.25, 0.3) is 0 Å². The standard InChI is InChI=1S/C12H15N3O/c1-7-5-9(3-4-10(7)13)12-8(2)6-11(16)14-15-12/h3-5,8H,6,13H2,1-2H3,(H,14,16). The molecule has 1 aliphatic rings. The van der Waals surface area contributed by atoms with E-state index in [0.29, 0.717) is 6.42 Å². The van der Waals surface area contributed by atoms with Crippen LogP contribution in [0.15, 0.2) is 23.3 Å². The molecule has 0 bridgehead atoms. The van der Waals surface area contributed by atoms with Crippen molar-refractivity contribution in [3.8, 4) is 0 Å². The summed E-state index contributed by atoms with van der Waals surface area (Å²) in [6, 6.07) is 5.81. The molecule has 0 radical (unpaired) electrons. The van der Waals surface area contributed by atoms with Gasteiger partial charge in [0, 0.05) is 18.0 Å². The highest BCUT2D eigenvalue weighted by molar-refractivity contribution is 6.06. The lowest BCUT2D eigenvalue weighted by atomic mass is 9.93. The number of nitrogens with one attached hydrogen (secondary N) is 1. The summed E-state index contributed by atoms with van der Waals surface area (Å²) in [4.78, 5) is 11.1. The van der Waals surface area contributed by atoms with Crippen LogP contribution in [0, 0.1) is 12.8 Å². The first-order chi connectivity index (χ1) is 7.58. The predicted molar refractivity (Wildman–Crippen MR) is 64.1 cm³/mol. The molecule has 2 rings (SSSR count). The van der Waals surface area contributed by atoms with Crippen molar-refractivity contribution in [3.63, 3.8) is 0 Å². The van der Waals surface area contributed by atoms with Crippen molar-refractivity contribution in [2.75, 3.05) is 5.73 Å². The molecule has 4 nitrogen and oxygen atoms in total. The van der Waals surface area contributed by atoms with Gasteiger partial charge in [0.05, 0.1) is 5.71 Å². The second-order valence-electron chi connectivity index (χ2n) is 4.21. The Hall–Kier alpha value is -1.84. The quantitative estimate of drug-likeness (QED) is 0.699. The first-order valence-electron chi connectivity index (χ1n) is 5.31. The predicted octanol–water partition coefficient (Wildman–Crippen LogP) is 1.44. The zero-order valence-electron chi connectivity index (χ0n) is 9.45. The molecule has 84 valence electrons. The third-order valence-electron chi connectivity index (χ3n) is 2.82. The van der Waals surface area contributed by atoms with Gasteiger partial charge in [-0.2, -0.15) is 5.10 Å². The number of nitrogen functional groups attached to an aromatic ring is 1. The number of hydrogen-bond acceptors (Lipinski definition) is 3. The molecule has 1 amide bonds. The molecule has 0 aliphatic carbocycles. The number of aryl methyl sites for hydroxylation is 1. The Labute approximate surface area is 94.5 Å². The zero-order chi connectivity index (χ0) is 11.7. The highest BCUT2D eigenvalue weighted by Gasteiger charge is 2.21. The Kier molecular flexibility index (Phi) is 2.64. The van der Waals surface area contributed by atoms with Crippen LogP contribution in [0.1, 0.15) is 24.5 Å². The minimum absolute atomic E-state index is 0.0246. The maximum Gasteiger partial charge on any atom is 0.240 e. The van der Waals surface area contributed by atoms with Gasteiger partial charge < -0.3 is 5.73 Å². The van der Waals surface area contributed by atoms with Crippen molar-refractivity contribution in [1.29, 1.82) is 0 Å². The lowest BCUT2D eigenvalue weighted by molar-refractivity contribution is -0.121. The molecule has 0 spiro atoms. The SMILES string of the molecule is Cc1cc(C2=NNC(=O)CC2C)ccc1N. The summed E-state index contributed by atoms with van der Waals surface area (Å²) < 4.78 is 0. The van der Waals surface area contributed by atoms with Crippen LogP contribution in [0.4, 0.5) is 5.69 Å². The van der Waals surface area contributed by atoms with Crippen LogP contribution >= 0.6 is 0 Å². The number of nitrogens with zero attached hydrogens (tertiary/aromatic N) is 1. The van der Waals surface area contributed by atoms with E-state index < -0.39 is 0 Å². The Morgan fingerprint density at radius 2 is 2.25 bits per heavy atom. The number of hydrazone groups is 1. The van der Waals surface area contributed by atoms with Gasteiger partial charge in [-0.05, 0) is 30.2 Å². The van der Waals surface area contributed by atoms with Crippen molar-refractivity contribution in [2.24, 2.45) is 11.0 Å². The number of carbonyl (C=O) groups is 1. The van der Waals surface area contributed by atoms with E-state index in [4.69, 9.17) is 5.73 Å². The summed E-state index contributed by atoms with van der Waals surface area (Å²) in [6.45, 7) is 3.97. The van der Waals surface area contributed by atoms with Crippen LogP contribution in [-0.2, 0) is 4.79 Å². The first-order valence-corrected chi connectivity index (χ1v) is 5.31. The number of nitrogens with two attached hydrogens (primary N) is 1. The van der Waals surface area contributed by atoms with Crippen LogP contribution in [-0.4, -0.2) is 11.6 Å². The summed E-state index contributed by atoms with van der Waals surface area (Å²) in [6.07, 6.45) is 0.488. The van der Waals surface area contributed by atoms with Crippen molar-refractivity contribution >= 4 is 17.3 Å². The summed E-state index contributed by atoms with van der Waals surface area (Å²) in [7, 11) is 0. The molecule has 0 saturated carbocycles. The van der Waals surface area contributed by atoms with E-state index in [9.17, 15) is 4.79 Å². The molecule has 1 atom stereocenters. The van der Waals surface area contributed by atoms with Gasteiger partial charge in [-0.25, -0.2) is 5.43 Å². The van der Waals surface area contributed by atoms with E-state index in [1.54, 1.807) is 0 Å². The molecule has 16 heavy (non-hydrogen) atoms. The topological polar surface area (TPSA) is 67.5 Å². The van der Waals surface area contributed by atoms with Crippen LogP contribution < -0.4 is 11.2 Å². The van der Waals surface area contributed by atoms with Gasteiger partial charge in [0.2, 0.25) is 5.91 Å². The number of hydrogen-bond donors (Lipinski definition) is 2. The van der Waals surface area contributed by atoms with Gasteiger partial charge >= 0.3 is 0 Å². The molecular weight excluding hydrogens is 202 g/mol. The average molecular weight is 217 g/mol. The second-order valence-corrected chi connectivity index (χ2v) is 4.21. The van der Waals surface area contributed by atoms with Crippen LogP contribution in [0.3, 0.4) is 0 Å². The van der Waals surface area contributed by atoms with Crippen LogP contribution in [0.2, 0.25) is 0 Å². The number of carbonyl (C=O) groups excluding carboxylic acids is 1. The van der Waals surface area contributed by atoms with E-state index in [0.717, 1.165) is 22.5 Å². The van der Waals surface area contributed by atoms with Gasteiger partial charge in [-0.15, -0.1) is 0 Å². The van der Waals surface area contributed by atoms with Gasteiger partial charge in [0.15, 0.2) is 0 Å². The molecule has 1 aliphatic heterocycles. The minimum Gasteiger partial charge on any atom is -0.399 e. The lowest BCUT2D eigenvalue weighted by Gasteiger charge is -2.19. The minimum atomic E-state index is -0.0246. The monoisotopic (exact) mass is 217 g/mol. The largest absolute Gasteiger partial charge is 0.399 e. The zero-order valence-corrected chi connectivity index (χ0v) is 9.45. The highest BCUT2D eigenvalue weighted by Crippen LogP contribution is 2.19. The molecule has 0 aromatic heterocycles. The lowest BCUT2D eigenvalue weighted by Crippen LogP contribution is -2.32. The summed E-state index contributed by atoms with van der Waals surface area (Å²) >= 11 is 0. The summed E-state index contributed by atoms with van der Waals surface area (Å²) in [5.74, 6) is 0.125. The molecule has 3 N–H and O–H groups in total. The maximum atomic E-state index is 11.1. The van der Waals surface area contributed by atoms with E-state index in [-0.39, 0.29) is 11.8 Å². The fourth-order valence-electron chi connectivity index (χ4n) is 1.84. The van der Waals surface area contributed by atoms with Gasteiger partial charge in [0.25, 0.3) is 0 Å². The van der Waals surface area contributed by atoms with Gasteiger partial charge in [-0.3, -0.25) is 4.79 Å². The Balaban J connectivity index is 2.37. The smallest absolute Gasteiger partial charge is 0.240 e. The molecule has 1 aromatic rings. The van der Waals surface area contributed by atoms with Gasteiger partial charge in [0.1, 0.15) is 0 Å². The maximum absolute atomic E-state index is 11.1. The number of benzene rings is 1. The normalized spacial score (nSPS) is 20.2. The van der Waals surface area contributed by atoms with E-state index in [2.05, 4.69) is 10.5 Å². The van der Waals surface area contributed by atoms with Gasteiger partial charge in [-0.1, -0.05) is 13.0 Å². The van der Waals surface area contributed by atoms with Crippen molar-refractivity contribution < 1.29 is 4.79 Å². The van der Waals surface area contributed by atoms with E-state index in [1.165, 1.54) is 0 Å². The molecule has 0 fully saturated rings. The van der Waals surface area contributed by atoms with Crippen LogP contribution in [0.5, 0.6) is 0 Å². The molecule has 1 aromatic carbocycles. The average Bonchev–Trinajstić information content (AvgIpc) is 2.22. The Morgan fingerprint density at radius 3 is 2.88 bits per heavy atom. The Bertz CT molecular complexity index is 465. The third kappa shape index (κ3) is 1.91. The first kappa shape index (κ1) is 10.7. The second kappa shape index (κ2) is 3.96. The number of anilines is 1. The summed E-state index contributed by atoms with van der Waals surface area (Å²) in [5, 5.41) is 4.11. The molecule has 0 saturated heterocycles. The van der Waals surface area contributed by atoms with Crippen molar-refractivity contribution in [3.05, 3.63) is 29.3 Å². The fraction of sp³-hybridized carbons (Fsp3) is 0.333. The number of rotatable bonds is 1. The van der Waals surface area contributed by atoms with Crippen molar-refractivity contribution in [1.82, 2.24) is 5.43 Å². The summed E-state index contributed by atoms with van der Waals surface area (Å²) in [5.41, 5.74) is 12.0. The molecule has 4 heteroatoms. The fourth-order valence-corrected chi connectivity index (χ4v) is 1.84. The van der Waals surface area contributed by atoms with E-state index >= 15 is 0 Å². The Morgan fingerprint density at radius 1 is 1.50 bits per heavy atom. The highest BCUT2D eigenvalue weighted by atomic mass is 16.2. The third-order valence-corrected chi connectivity index (χ3v) is 2.82. The van der Waals surface area contributed by atoms with E-state index in [1.807, 2.05) is 32.0 Å². The van der Waals surface area contributed by atoms with Crippen molar-refractivity contribution in [2.45, 2.75) is 20.3 Å². The molecular formula is C12H15N3O. The number of amides is 1. The molecule has 1 unspecified atom stereocenters.